The summed E-state index contributed by atoms with van der Waals surface area (Å²) in [4.78, 5) is 38.0. The largest absolute Gasteiger partial charge is 0.497 e. The molecule has 0 aromatic heterocycles. The van der Waals surface area contributed by atoms with Crippen LogP contribution in [0.15, 0.2) is 54.1 Å². The van der Waals surface area contributed by atoms with E-state index in [9.17, 15) is 14.4 Å². The number of nitrogens with one attached hydrogen (secondary N) is 1. The van der Waals surface area contributed by atoms with Crippen molar-refractivity contribution in [2.75, 3.05) is 14.2 Å². The van der Waals surface area contributed by atoms with E-state index in [1.54, 1.807) is 62.8 Å². The predicted octanol–water partition coefficient (Wildman–Crippen LogP) is 2.37. The highest BCUT2D eigenvalue weighted by atomic mass is 16.5. The van der Waals surface area contributed by atoms with Crippen LogP contribution < -0.4 is 14.8 Å². The smallest absolute Gasteiger partial charge is 0.331 e. The molecule has 1 aliphatic rings. The number of imide groups is 2. The van der Waals surface area contributed by atoms with E-state index >= 15 is 0 Å². The van der Waals surface area contributed by atoms with Gasteiger partial charge in [0.15, 0.2) is 0 Å². The lowest BCUT2D eigenvalue weighted by atomic mass is 10.1. The molecule has 0 saturated carbocycles. The van der Waals surface area contributed by atoms with Crippen LogP contribution in [0.25, 0.3) is 6.08 Å². The minimum Gasteiger partial charge on any atom is -0.497 e. The molecule has 2 aromatic carbocycles. The first-order valence-electron chi connectivity index (χ1n) is 8.17. The minimum absolute atomic E-state index is 0.0435. The van der Waals surface area contributed by atoms with E-state index in [0.717, 1.165) is 10.5 Å². The highest BCUT2D eigenvalue weighted by Crippen LogP contribution is 2.20. The summed E-state index contributed by atoms with van der Waals surface area (Å²) in [6.07, 6.45) is 1.45. The fourth-order valence-electron chi connectivity index (χ4n) is 2.62. The number of rotatable bonds is 5. The van der Waals surface area contributed by atoms with Crippen LogP contribution in [0.4, 0.5) is 4.79 Å². The first-order valence-corrected chi connectivity index (χ1v) is 8.17. The average Bonchev–Trinajstić information content (AvgIpc) is 2.69. The van der Waals surface area contributed by atoms with Crippen LogP contribution in [0.1, 0.15) is 11.1 Å². The van der Waals surface area contributed by atoms with E-state index in [4.69, 9.17) is 9.47 Å². The molecule has 0 unspecified atom stereocenters. The zero-order valence-corrected chi connectivity index (χ0v) is 14.9. The molecule has 0 bridgehead atoms. The molecule has 3 rings (SSSR count). The Morgan fingerprint density at radius 3 is 2.00 bits per heavy atom. The van der Waals surface area contributed by atoms with Crippen LogP contribution >= 0.6 is 0 Å². The highest BCUT2D eigenvalue weighted by molar-refractivity contribution is 6.30. The summed E-state index contributed by atoms with van der Waals surface area (Å²) in [5, 5.41) is 2.21. The maximum atomic E-state index is 12.7. The number of amides is 4. The van der Waals surface area contributed by atoms with Crippen molar-refractivity contribution in [2.45, 2.75) is 6.54 Å². The second-order valence-electron chi connectivity index (χ2n) is 5.83. The fourth-order valence-corrected chi connectivity index (χ4v) is 2.62. The van der Waals surface area contributed by atoms with Gasteiger partial charge in [-0.25, -0.2) is 4.79 Å². The van der Waals surface area contributed by atoms with E-state index in [2.05, 4.69) is 5.32 Å². The molecule has 0 radical (unpaired) electrons. The van der Waals surface area contributed by atoms with Crippen molar-refractivity contribution in [3.8, 4) is 11.5 Å². The number of ether oxygens (including phenoxy) is 2. The van der Waals surface area contributed by atoms with Gasteiger partial charge in [0.25, 0.3) is 11.8 Å². The van der Waals surface area contributed by atoms with Crippen LogP contribution in [0, 0.1) is 0 Å². The number of barbiturate groups is 1. The number of carbonyl (C=O) groups is 3. The van der Waals surface area contributed by atoms with Crippen molar-refractivity contribution in [3.05, 3.63) is 65.2 Å². The molecule has 0 atom stereocenters. The molecule has 2 aromatic rings. The van der Waals surface area contributed by atoms with Crippen molar-refractivity contribution in [1.29, 1.82) is 0 Å². The third kappa shape index (κ3) is 3.98. The van der Waals surface area contributed by atoms with Crippen molar-refractivity contribution in [3.63, 3.8) is 0 Å². The first-order chi connectivity index (χ1) is 13.0. The molecule has 1 saturated heterocycles. The molecule has 4 amide bonds. The van der Waals surface area contributed by atoms with Gasteiger partial charge in [-0.3, -0.25) is 19.8 Å². The standard InChI is InChI=1S/C20H18N2O5/c1-26-15-7-3-13(4-8-15)11-17-18(23)21-20(25)22(19(17)24)12-14-5-9-16(27-2)10-6-14/h3-11H,12H2,1-2H3,(H,21,23,25)/b17-11-. The summed E-state index contributed by atoms with van der Waals surface area (Å²) in [7, 11) is 3.10. The molecule has 1 fully saturated rings. The molecule has 138 valence electrons. The van der Waals surface area contributed by atoms with E-state index in [1.807, 2.05) is 0 Å². The number of benzene rings is 2. The van der Waals surface area contributed by atoms with Crippen LogP contribution in [0.5, 0.6) is 11.5 Å². The number of hydrogen-bond acceptors (Lipinski definition) is 5. The van der Waals surface area contributed by atoms with Gasteiger partial charge >= 0.3 is 6.03 Å². The summed E-state index contributed by atoms with van der Waals surface area (Å²) in [5.41, 5.74) is 1.28. The Morgan fingerprint density at radius 1 is 0.889 bits per heavy atom. The number of urea groups is 1. The van der Waals surface area contributed by atoms with Crippen molar-refractivity contribution in [2.24, 2.45) is 0 Å². The third-order valence-corrected chi connectivity index (χ3v) is 4.11. The van der Waals surface area contributed by atoms with E-state index in [-0.39, 0.29) is 12.1 Å². The maximum Gasteiger partial charge on any atom is 0.331 e. The lowest BCUT2D eigenvalue weighted by Crippen LogP contribution is -2.53. The van der Waals surface area contributed by atoms with Crippen molar-refractivity contribution < 1.29 is 23.9 Å². The topological polar surface area (TPSA) is 84.9 Å². The van der Waals surface area contributed by atoms with Gasteiger partial charge in [0.1, 0.15) is 17.1 Å². The lowest BCUT2D eigenvalue weighted by molar-refractivity contribution is -0.130. The number of methoxy groups -OCH3 is 2. The van der Waals surface area contributed by atoms with E-state index < -0.39 is 17.8 Å². The zero-order valence-electron chi connectivity index (χ0n) is 14.9. The minimum atomic E-state index is -0.743. The van der Waals surface area contributed by atoms with Gasteiger partial charge < -0.3 is 9.47 Å². The molecular weight excluding hydrogens is 348 g/mol. The highest BCUT2D eigenvalue weighted by Gasteiger charge is 2.35. The van der Waals surface area contributed by atoms with Gasteiger partial charge in [0.05, 0.1) is 20.8 Å². The Hall–Kier alpha value is -3.61. The maximum absolute atomic E-state index is 12.7. The predicted molar refractivity (Wildman–Crippen MR) is 98.1 cm³/mol. The third-order valence-electron chi connectivity index (χ3n) is 4.11. The quantitative estimate of drug-likeness (QED) is 0.649. The van der Waals surface area contributed by atoms with Gasteiger partial charge in [-0.2, -0.15) is 0 Å². The molecular formula is C20H18N2O5. The molecule has 0 aliphatic carbocycles. The van der Waals surface area contributed by atoms with Crippen molar-refractivity contribution in [1.82, 2.24) is 10.2 Å². The summed E-state index contributed by atoms with van der Waals surface area (Å²) < 4.78 is 10.2. The normalized spacial score (nSPS) is 15.7. The van der Waals surface area contributed by atoms with E-state index in [0.29, 0.717) is 17.1 Å². The Labute approximate surface area is 156 Å². The van der Waals surface area contributed by atoms with Crippen LogP contribution in [-0.2, 0) is 16.1 Å². The molecule has 7 heteroatoms. The molecule has 0 spiro atoms. The molecule has 1 heterocycles. The average molecular weight is 366 g/mol. The summed E-state index contributed by atoms with van der Waals surface area (Å²) in [6.45, 7) is 0.0435. The number of carbonyl (C=O) groups excluding carboxylic acids is 3. The van der Waals surface area contributed by atoms with Gasteiger partial charge in [0, 0.05) is 0 Å². The second kappa shape index (κ2) is 7.74. The van der Waals surface area contributed by atoms with Gasteiger partial charge in [-0.15, -0.1) is 0 Å². The van der Waals surface area contributed by atoms with Crippen LogP contribution in [0.2, 0.25) is 0 Å². The second-order valence-corrected chi connectivity index (χ2v) is 5.83. The zero-order chi connectivity index (χ0) is 19.4. The van der Waals surface area contributed by atoms with Gasteiger partial charge in [-0.1, -0.05) is 24.3 Å². The van der Waals surface area contributed by atoms with E-state index in [1.165, 1.54) is 6.08 Å². The Kier molecular flexibility index (Phi) is 5.21. The summed E-state index contributed by atoms with van der Waals surface area (Å²) >= 11 is 0. The molecule has 1 N–H and O–H groups in total. The van der Waals surface area contributed by atoms with Crippen molar-refractivity contribution >= 4 is 23.9 Å². The first kappa shape index (κ1) is 18.2. The van der Waals surface area contributed by atoms with Gasteiger partial charge in [-0.05, 0) is 41.5 Å². The SMILES string of the molecule is COc1ccc(/C=C2/C(=O)NC(=O)N(Cc3ccc(OC)cc3)C2=O)cc1. The fraction of sp³-hybridized carbons (Fsp3) is 0.150. The Morgan fingerprint density at radius 2 is 1.44 bits per heavy atom. The summed E-state index contributed by atoms with van der Waals surface area (Å²) in [5.74, 6) is -0.0292. The number of hydrogen-bond donors (Lipinski definition) is 1. The summed E-state index contributed by atoms with van der Waals surface area (Å²) in [6, 6.07) is 13.1. The molecule has 27 heavy (non-hydrogen) atoms. The van der Waals surface area contributed by atoms with Crippen LogP contribution in [-0.4, -0.2) is 37.0 Å². The monoisotopic (exact) mass is 366 g/mol. The molecule has 1 aliphatic heterocycles. The van der Waals surface area contributed by atoms with Gasteiger partial charge in [0.2, 0.25) is 0 Å². The Bertz CT molecular complexity index is 901. The number of nitrogens with zero attached hydrogens (tertiary/aromatic N) is 1. The lowest BCUT2D eigenvalue weighted by Gasteiger charge is -2.26. The molecule has 7 nitrogen and oxygen atoms in total. The Balaban J connectivity index is 1.84. The van der Waals surface area contributed by atoms with Crippen LogP contribution in [0.3, 0.4) is 0 Å².